The molecule has 0 radical (unpaired) electrons. The lowest BCUT2D eigenvalue weighted by molar-refractivity contribution is -0.189. The third-order valence-electron chi connectivity index (χ3n) is 12.4. The molecule has 0 aromatic heterocycles. The fourth-order valence-corrected chi connectivity index (χ4v) is 11.9. The summed E-state index contributed by atoms with van der Waals surface area (Å²) in [5.74, 6) is 0.846. The van der Waals surface area contributed by atoms with Crippen molar-refractivity contribution in [2.24, 2.45) is 0 Å². The first-order valence-electron chi connectivity index (χ1n) is 18.8. The van der Waals surface area contributed by atoms with Gasteiger partial charge in [-0.2, -0.15) is 0 Å². The first kappa shape index (κ1) is 36.9. The molecule has 2 unspecified atom stereocenters. The highest BCUT2D eigenvalue weighted by Crippen LogP contribution is 2.64. The number of benzene rings is 3. The van der Waals surface area contributed by atoms with E-state index in [4.69, 9.17) is 28.4 Å². The van der Waals surface area contributed by atoms with Crippen molar-refractivity contribution < 1.29 is 53.3 Å². The smallest absolute Gasteiger partial charge is 0.331 e. The predicted octanol–water partition coefficient (Wildman–Crippen LogP) is 3.97. The zero-order chi connectivity index (χ0) is 39.4. The van der Waals surface area contributed by atoms with Gasteiger partial charge >= 0.3 is 11.9 Å². The quantitative estimate of drug-likeness (QED) is 0.167. The number of ether oxygens (including phenoxy) is 6. The van der Waals surface area contributed by atoms with Crippen LogP contribution in [0.3, 0.4) is 0 Å². The SMILES string of the molecule is C=CCN1C2c3c(cc(C)c(OC)c3O)C[C@H]1[C@H](O)N1C2[C@@H]2SC[C@]3(NCCc4cc(O)c(OC)cc43)C(=O)OC[C@H]1c1c3c(c(C)c(OC(C)=O)c12)OCO3. The van der Waals surface area contributed by atoms with Crippen LogP contribution in [0.2, 0.25) is 0 Å². The van der Waals surface area contributed by atoms with E-state index < -0.39 is 53.1 Å². The predicted molar refractivity (Wildman–Crippen MR) is 204 cm³/mol. The minimum Gasteiger partial charge on any atom is -0.504 e. The topological polar surface area (TPSA) is 169 Å². The molecule has 2 fully saturated rings. The van der Waals surface area contributed by atoms with Gasteiger partial charge in [0.15, 0.2) is 40.0 Å². The Hall–Kier alpha value is -4.67. The van der Waals surface area contributed by atoms with Gasteiger partial charge < -0.3 is 43.7 Å². The third-order valence-corrected chi connectivity index (χ3v) is 13.9. The number of phenolic OH excluding ortho intramolecular Hbond substituents is 2. The van der Waals surface area contributed by atoms with Crippen LogP contribution in [-0.4, -0.2) is 102 Å². The Morgan fingerprint density at radius 2 is 1.86 bits per heavy atom. The van der Waals surface area contributed by atoms with Gasteiger partial charge in [0.2, 0.25) is 6.79 Å². The number of aliphatic hydroxyl groups is 1. The summed E-state index contributed by atoms with van der Waals surface area (Å²) in [6.07, 6.45) is 1.69. The molecule has 14 nitrogen and oxygen atoms in total. The van der Waals surface area contributed by atoms with Crippen LogP contribution in [-0.2, 0) is 32.7 Å². The van der Waals surface area contributed by atoms with E-state index >= 15 is 0 Å². The number of nitrogens with one attached hydrogen (secondary N) is 1. The van der Waals surface area contributed by atoms with Crippen molar-refractivity contribution in [3.8, 4) is 40.2 Å². The van der Waals surface area contributed by atoms with Crippen LogP contribution in [0.15, 0.2) is 30.9 Å². The van der Waals surface area contributed by atoms with Crippen molar-refractivity contribution in [3.63, 3.8) is 0 Å². The van der Waals surface area contributed by atoms with Crippen molar-refractivity contribution in [1.82, 2.24) is 15.1 Å². The molecule has 7 atom stereocenters. The van der Waals surface area contributed by atoms with E-state index in [2.05, 4.69) is 16.8 Å². The highest BCUT2D eigenvalue weighted by Gasteiger charge is 2.62. The number of hydrogen-bond donors (Lipinski definition) is 4. The van der Waals surface area contributed by atoms with E-state index in [0.29, 0.717) is 76.7 Å². The number of methoxy groups -OCH3 is 2. The van der Waals surface area contributed by atoms with Crippen molar-refractivity contribution in [3.05, 3.63) is 75.4 Å². The van der Waals surface area contributed by atoms with Gasteiger partial charge in [0.05, 0.1) is 37.6 Å². The lowest BCUT2D eigenvalue weighted by Gasteiger charge is -2.62. The standard InChI is InChI=1S/C41H45N3O11S/c1-7-10-43-24-12-22-11-18(2)34(51-6)33(47)28(22)31(43)32-38-30-29(37-36(53-17-54-37)19(3)35(30)55-20(4)45)25(44(32)39(24)48)15-52-40(49)41(16-56-38)23-14-27(50-5)26(46)13-21(23)8-9-42-41/h7,11,13-14,24-25,31-32,38-39,42,46-48H,1,8-10,12,15-17H2,2-6H3/t24-,25-,31?,32?,38+,39-,41+/m0/s1. The van der Waals surface area contributed by atoms with Gasteiger partial charge in [-0.3, -0.25) is 19.9 Å². The van der Waals surface area contributed by atoms with Gasteiger partial charge in [0.1, 0.15) is 18.6 Å². The van der Waals surface area contributed by atoms with Gasteiger partial charge in [-0.05, 0) is 61.1 Å². The Kier molecular flexibility index (Phi) is 8.89. The van der Waals surface area contributed by atoms with Crippen LogP contribution >= 0.6 is 11.8 Å². The fourth-order valence-electron chi connectivity index (χ4n) is 10.2. The highest BCUT2D eigenvalue weighted by molar-refractivity contribution is 7.99. The van der Waals surface area contributed by atoms with Crippen LogP contribution in [0.1, 0.15) is 68.8 Å². The van der Waals surface area contributed by atoms with E-state index in [1.807, 2.05) is 24.8 Å². The average molecular weight is 788 g/mol. The molecule has 4 bridgehead atoms. The van der Waals surface area contributed by atoms with Crippen molar-refractivity contribution in [1.29, 1.82) is 0 Å². The molecule has 7 heterocycles. The maximum absolute atomic E-state index is 14.8. The summed E-state index contributed by atoms with van der Waals surface area (Å²) < 4.78 is 36.1. The Bertz CT molecular complexity index is 2200. The molecule has 7 aliphatic rings. The molecule has 0 saturated carbocycles. The summed E-state index contributed by atoms with van der Waals surface area (Å²) in [5, 5.41) is 38.5. The molecule has 1 spiro atoms. The van der Waals surface area contributed by atoms with E-state index in [9.17, 15) is 24.9 Å². The highest BCUT2D eigenvalue weighted by atomic mass is 32.2. The normalized spacial score (nSPS) is 28.7. The fraction of sp³-hybridized carbons (Fsp3) is 0.463. The zero-order valence-electron chi connectivity index (χ0n) is 31.8. The van der Waals surface area contributed by atoms with Gasteiger partial charge in [0.25, 0.3) is 0 Å². The van der Waals surface area contributed by atoms with Crippen molar-refractivity contribution in [2.45, 2.75) is 74.8 Å². The van der Waals surface area contributed by atoms with Crippen molar-refractivity contribution >= 4 is 23.7 Å². The molecule has 3 aromatic carbocycles. The second kappa shape index (κ2) is 13.5. The first-order valence-corrected chi connectivity index (χ1v) is 19.8. The lowest BCUT2D eigenvalue weighted by Crippen LogP contribution is -2.70. The van der Waals surface area contributed by atoms with E-state index in [1.54, 1.807) is 18.2 Å². The summed E-state index contributed by atoms with van der Waals surface area (Å²) in [5.41, 5.74) is 4.24. The molecule has 10 rings (SSSR count). The van der Waals surface area contributed by atoms with Crippen LogP contribution in [0.5, 0.6) is 40.2 Å². The van der Waals surface area contributed by atoms with E-state index in [1.165, 1.54) is 32.9 Å². The van der Waals surface area contributed by atoms with Crippen LogP contribution in [0.4, 0.5) is 0 Å². The summed E-state index contributed by atoms with van der Waals surface area (Å²) in [7, 11) is 2.99. The molecule has 7 aliphatic heterocycles. The number of aliphatic hydroxyl groups excluding tert-OH is 1. The number of piperazine rings is 1. The summed E-state index contributed by atoms with van der Waals surface area (Å²) in [6, 6.07) is 2.96. The minimum absolute atomic E-state index is 0.0225. The van der Waals surface area contributed by atoms with Crippen LogP contribution in [0.25, 0.3) is 0 Å². The molecular weight excluding hydrogens is 743 g/mol. The molecule has 3 aromatic rings. The largest absolute Gasteiger partial charge is 0.504 e. The Balaban J connectivity index is 1.33. The summed E-state index contributed by atoms with van der Waals surface area (Å²) in [6.45, 7) is 9.69. The number of esters is 2. The minimum atomic E-state index is -1.38. The number of aryl methyl sites for hydroxylation is 1. The number of hydrogen-bond acceptors (Lipinski definition) is 15. The molecule has 4 N–H and O–H groups in total. The van der Waals surface area contributed by atoms with Gasteiger partial charge in [-0.1, -0.05) is 12.1 Å². The first-order chi connectivity index (χ1) is 26.9. The molecule has 296 valence electrons. The van der Waals surface area contributed by atoms with Gasteiger partial charge in [-0.15, -0.1) is 18.3 Å². The lowest BCUT2D eigenvalue weighted by atomic mass is 9.72. The number of nitrogens with zero attached hydrogens (tertiary/aromatic N) is 2. The van der Waals surface area contributed by atoms with E-state index in [-0.39, 0.29) is 36.4 Å². The molecule has 2 saturated heterocycles. The second-order valence-corrected chi connectivity index (χ2v) is 16.4. The summed E-state index contributed by atoms with van der Waals surface area (Å²) >= 11 is 1.46. The molecule has 15 heteroatoms. The monoisotopic (exact) mass is 787 g/mol. The Labute approximate surface area is 328 Å². The number of phenols is 2. The number of carbonyl (C=O) groups excluding carboxylic acids is 2. The van der Waals surface area contributed by atoms with Gasteiger partial charge in [-0.25, -0.2) is 4.79 Å². The number of aromatic hydroxyl groups is 2. The molecule has 56 heavy (non-hydrogen) atoms. The molecular formula is C41H45N3O11S. The Morgan fingerprint density at radius 1 is 1.07 bits per heavy atom. The number of carbonyl (C=O) groups is 2. The van der Waals surface area contributed by atoms with Gasteiger partial charge in [0, 0.05) is 54.1 Å². The Morgan fingerprint density at radius 3 is 2.59 bits per heavy atom. The third kappa shape index (κ3) is 5.10. The maximum Gasteiger partial charge on any atom is 0.331 e. The summed E-state index contributed by atoms with van der Waals surface area (Å²) in [4.78, 5) is 31.9. The zero-order valence-corrected chi connectivity index (χ0v) is 32.7. The molecule has 0 aliphatic carbocycles. The van der Waals surface area contributed by atoms with E-state index in [0.717, 1.165) is 16.7 Å². The van der Waals surface area contributed by atoms with Crippen molar-refractivity contribution in [2.75, 3.05) is 46.5 Å². The number of rotatable bonds is 5. The number of thioether (sulfide) groups is 1. The van der Waals surface area contributed by atoms with Crippen LogP contribution in [0, 0.1) is 13.8 Å². The van der Waals surface area contributed by atoms with Crippen LogP contribution < -0.4 is 29.0 Å². The number of fused-ring (bicyclic) bond motifs is 9. The average Bonchev–Trinajstić information content (AvgIpc) is 3.66. The molecule has 0 amide bonds. The maximum atomic E-state index is 14.8. The second-order valence-electron chi connectivity index (χ2n) is 15.3.